The highest BCUT2D eigenvalue weighted by Crippen LogP contribution is 2.21. The van der Waals surface area contributed by atoms with Gasteiger partial charge in [-0.3, -0.25) is 0 Å². The quantitative estimate of drug-likeness (QED) is 0.149. The van der Waals surface area contributed by atoms with Crippen molar-refractivity contribution >= 4 is 5.90 Å². The van der Waals surface area contributed by atoms with E-state index >= 15 is 0 Å². The summed E-state index contributed by atoms with van der Waals surface area (Å²) in [5.41, 5.74) is 2.11. The predicted octanol–water partition coefficient (Wildman–Crippen LogP) is 7.34. The summed E-state index contributed by atoms with van der Waals surface area (Å²) in [4.78, 5) is 3.76. The number of alkyl halides is 3. The molecule has 0 bridgehead atoms. The lowest BCUT2D eigenvalue weighted by Crippen LogP contribution is -2.31. The summed E-state index contributed by atoms with van der Waals surface area (Å²) in [5.74, 6) is -1.13. The highest BCUT2D eigenvalue weighted by molar-refractivity contribution is 5.82. The summed E-state index contributed by atoms with van der Waals surface area (Å²) in [6.07, 6.45) is 3.74. The standard InChI is InChI=1S/C26H32F3NO/c1-2-3-4-13-20-30-25(26(27,28)29)31-24(21-23-17-9-6-10-18-23)19-12-11-16-22-14-7-5-8-15-22/h5-10,12,14-15,17-19,24H,2-4,11,13,16,20-21H2,1H3/b19-12+,30-25?. The van der Waals surface area contributed by atoms with Crippen molar-refractivity contribution in [2.75, 3.05) is 6.54 Å². The fourth-order valence-corrected chi connectivity index (χ4v) is 3.19. The predicted molar refractivity (Wildman–Crippen MR) is 121 cm³/mol. The lowest BCUT2D eigenvalue weighted by atomic mass is 10.1. The van der Waals surface area contributed by atoms with Gasteiger partial charge in [0.25, 0.3) is 5.90 Å². The number of benzene rings is 2. The second-order valence-electron chi connectivity index (χ2n) is 7.54. The van der Waals surface area contributed by atoms with E-state index in [2.05, 4.69) is 11.9 Å². The van der Waals surface area contributed by atoms with E-state index in [1.54, 1.807) is 6.08 Å². The Kier molecular flexibility index (Phi) is 10.9. The first-order valence-corrected chi connectivity index (χ1v) is 11.0. The van der Waals surface area contributed by atoms with Gasteiger partial charge in [0.1, 0.15) is 6.10 Å². The van der Waals surface area contributed by atoms with Gasteiger partial charge in [-0.25, -0.2) is 4.99 Å². The Balaban J connectivity index is 2.05. The van der Waals surface area contributed by atoms with E-state index in [1.807, 2.05) is 66.7 Å². The summed E-state index contributed by atoms with van der Waals surface area (Å²) in [6.45, 7) is 2.19. The zero-order valence-electron chi connectivity index (χ0n) is 18.2. The lowest BCUT2D eigenvalue weighted by molar-refractivity contribution is -0.0815. The number of ether oxygens (including phenoxy) is 1. The molecule has 168 valence electrons. The van der Waals surface area contributed by atoms with Crippen LogP contribution in [0.4, 0.5) is 13.2 Å². The van der Waals surface area contributed by atoms with E-state index < -0.39 is 18.2 Å². The van der Waals surface area contributed by atoms with Gasteiger partial charge in [-0.05, 0) is 36.5 Å². The second kappa shape index (κ2) is 13.7. The Labute approximate surface area is 183 Å². The molecule has 0 saturated carbocycles. The zero-order valence-corrected chi connectivity index (χ0v) is 18.2. The van der Waals surface area contributed by atoms with Gasteiger partial charge in [-0.1, -0.05) is 92.9 Å². The molecule has 31 heavy (non-hydrogen) atoms. The van der Waals surface area contributed by atoms with Crippen LogP contribution >= 0.6 is 0 Å². The fraction of sp³-hybridized carbons (Fsp3) is 0.423. The van der Waals surface area contributed by atoms with Gasteiger partial charge in [-0.15, -0.1) is 0 Å². The van der Waals surface area contributed by atoms with Crippen LogP contribution in [0.1, 0.15) is 50.2 Å². The number of rotatable bonds is 12. The normalized spacial score (nSPS) is 13.5. The minimum absolute atomic E-state index is 0.130. The fourth-order valence-electron chi connectivity index (χ4n) is 3.19. The van der Waals surface area contributed by atoms with E-state index in [0.717, 1.165) is 37.7 Å². The maximum absolute atomic E-state index is 13.5. The molecule has 5 heteroatoms. The number of aryl methyl sites for hydroxylation is 1. The highest BCUT2D eigenvalue weighted by atomic mass is 19.4. The van der Waals surface area contributed by atoms with Crippen molar-refractivity contribution in [2.45, 2.75) is 64.1 Å². The minimum atomic E-state index is -4.60. The smallest absolute Gasteiger partial charge is 0.467 e. The van der Waals surface area contributed by atoms with Gasteiger partial charge in [0.15, 0.2) is 0 Å². The van der Waals surface area contributed by atoms with Crippen LogP contribution < -0.4 is 0 Å². The molecule has 0 radical (unpaired) electrons. The van der Waals surface area contributed by atoms with Crippen molar-refractivity contribution in [1.82, 2.24) is 0 Å². The number of hydrogen-bond acceptors (Lipinski definition) is 2. The molecule has 2 aromatic rings. The van der Waals surface area contributed by atoms with E-state index in [9.17, 15) is 13.2 Å². The van der Waals surface area contributed by atoms with Crippen LogP contribution in [0.5, 0.6) is 0 Å². The Hall–Kier alpha value is -2.56. The van der Waals surface area contributed by atoms with E-state index in [4.69, 9.17) is 4.74 Å². The van der Waals surface area contributed by atoms with Gasteiger partial charge in [0.2, 0.25) is 0 Å². The summed E-state index contributed by atoms with van der Waals surface area (Å²) in [6, 6.07) is 19.4. The molecule has 2 rings (SSSR count). The summed E-state index contributed by atoms with van der Waals surface area (Å²) >= 11 is 0. The van der Waals surface area contributed by atoms with Gasteiger partial charge in [0, 0.05) is 13.0 Å². The lowest BCUT2D eigenvalue weighted by Gasteiger charge is -2.19. The summed E-state index contributed by atoms with van der Waals surface area (Å²) in [7, 11) is 0. The molecule has 0 saturated heterocycles. The Morgan fingerprint density at radius 2 is 1.58 bits per heavy atom. The molecule has 1 atom stereocenters. The minimum Gasteiger partial charge on any atom is -0.467 e. The van der Waals surface area contributed by atoms with Crippen LogP contribution in [0.3, 0.4) is 0 Å². The molecular formula is C26H32F3NO. The average molecular weight is 432 g/mol. The average Bonchev–Trinajstić information content (AvgIpc) is 2.76. The second-order valence-corrected chi connectivity index (χ2v) is 7.54. The Bertz CT molecular complexity index is 785. The molecule has 2 aromatic carbocycles. The van der Waals surface area contributed by atoms with Crippen molar-refractivity contribution in [2.24, 2.45) is 4.99 Å². The van der Waals surface area contributed by atoms with Gasteiger partial charge in [0.05, 0.1) is 0 Å². The maximum atomic E-state index is 13.5. The van der Waals surface area contributed by atoms with Crippen LogP contribution in [0.2, 0.25) is 0 Å². The Morgan fingerprint density at radius 3 is 2.19 bits per heavy atom. The Morgan fingerprint density at radius 1 is 0.935 bits per heavy atom. The number of nitrogens with zero attached hydrogens (tertiary/aromatic N) is 1. The van der Waals surface area contributed by atoms with Crippen LogP contribution in [-0.4, -0.2) is 24.7 Å². The van der Waals surface area contributed by atoms with Crippen molar-refractivity contribution in [3.63, 3.8) is 0 Å². The summed E-state index contributed by atoms with van der Waals surface area (Å²) in [5, 5.41) is 0. The number of hydrogen-bond donors (Lipinski definition) is 0. The molecule has 0 heterocycles. The molecule has 1 unspecified atom stereocenters. The number of aliphatic imine (C=N–C) groups is 1. The van der Waals surface area contributed by atoms with Gasteiger partial charge in [-0.2, -0.15) is 13.2 Å². The van der Waals surface area contributed by atoms with Crippen LogP contribution in [0, 0.1) is 0 Å². The molecule has 0 fully saturated rings. The van der Waals surface area contributed by atoms with Crippen molar-refractivity contribution in [3.05, 3.63) is 83.9 Å². The molecule has 0 aromatic heterocycles. The zero-order chi connectivity index (χ0) is 22.4. The van der Waals surface area contributed by atoms with E-state index in [0.29, 0.717) is 12.8 Å². The van der Waals surface area contributed by atoms with Crippen LogP contribution in [-0.2, 0) is 17.6 Å². The number of halogens is 3. The third kappa shape index (κ3) is 10.3. The van der Waals surface area contributed by atoms with Gasteiger partial charge >= 0.3 is 6.18 Å². The molecule has 0 aliphatic rings. The van der Waals surface area contributed by atoms with Crippen molar-refractivity contribution < 1.29 is 17.9 Å². The topological polar surface area (TPSA) is 21.6 Å². The third-order valence-electron chi connectivity index (χ3n) is 4.85. The largest absolute Gasteiger partial charge is 0.468 e. The van der Waals surface area contributed by atoms with Crippen LogP contribution in [0.15, 0.2) is 77.8 Å². The SMILES string of the molecule is CCCCCCN=C(OC(/C=C/CCc1ccccc1)Cc1ccccc1)C(F)(F)F. The van der Waals surface area contributed by atoms with E-state index in [1.165, 1.54) is 5.56 Å². The molecule has 0 amide bonds. The molecular weight excluding hydrogens is 399 g/mol. The molecule has 0 aliphatic carbocycles. The highest BCUT2D eigenvalue weighted by Gasteiger charge is 2.39. The molecule has 0 N–H and O–H groups in total. The number of unbranched alkanes of at least 4 members (excludes halogenated alkanes) is 3. The number of allylic oxidation sites excluding steroid dienone is 1. The van der Waals surface area contributed by atoms with Gasteiger partial charge < -0.3 is 4.74 Å². The summed E-state index contributed by atoms with van der Waals surface area (Å²) < 4.78 is 46.0. The van der Waals surface area contributed by atoms with E-state index in [-0.39, 0.29) is 6.54 Å². The third-order valence-corrected chi connectivity index (χ3v) is 4.85. The van der Waals surface area contributed by atoms with Crippen LogP contribution in [0.25, 0.3) is 0 Å². The monoisotopic (exact) mass is 431 g/mol. The molecule has 0 spiro atoms. The first kappa shape index (κ1) is 24.7. The molecule has 0 aliphatic heterocycles. The van der Waals surface area contributed by atoms with Crippen molar-refractivity contribution in [1.29, 1.82) is 0 Å². The van der Waals surface area contributed by atoms with Crippen molar-refractivity contribution in [3.8, 4) is 0 Å². The first-order chi connectivity index (χ1) is 15.0. The maximum Gasteiger partial charge on any atom is 0.468 e. The first-order valence-electron chi connectivity index (χ1n) is 11.0. The molecule has 2 nitrogen and oxygen atoms in total.